The highest BCUT2D eigenvalue weighted by atomic mass is 32.2. The number of methoxy groups -OCH3 is 1. The Morgan fingerprint density at radius 2 is 2.00 bits per heavy atom. The fraction of sp³-hybridized carbons (Fsp3) is 0.600. The third kappa shape index (κ3) is 3.95. The number of carbonyl (C=O) groups is 1. The molecule has 1 spiro atoms. The highest BCUT2D eigenvalue weighted by Gasteiger charge is 2.55. The number of benzene rings is 1. The Morgan fingerprint density at radius 1 is 1.34 bits per heavy atom. The highest BCUT2D eigenvalue weighted by molar-refractivity contribution is 7.93. The summed E-state index contributed by atoms with van der Waals surface area (Å²) in [7, 11) is -0.307. The van der Waals surface area contributed by atoms with E-state index >= 15 is 0 Å². The van der Waals surface area contributed by atoms with Gasteiger partial charge in [0.25, 0.3) is 0 Å². The van der Waals surface area contributed by atoms with Gasteiger partial charge in [-0.2, -0.15) is 0 Å². The van der Waals surface area contributed by atoms with Crippen LogP contribution in [0.3, 0.4) is 0 Å². The van der Waals surface area contributed by atoms with E-state index < -0.39 is 25.9 Å². The molecule has 0 saturated carbocycles. The van der Waals surface area contributed by atoms with Crippen LogP contribution in [-0.4, -0.2) is 69.3 Å². The van der Waals surface area contributed by atoms with Gasteiger partial charge in [0.15, 0.2) is 15.6 Å². The van der Waals surface area contributed by atoms with Gasteiger partial charge in [-0.25, -0.2) is 12.8 Å². The van der Waals surface area contributed by atoms with Crippen molar-refractivity contribution in [3.8, 4) is 0 Å². The van der Waals surface area contributed by atoms with Crippen LogP contribution in [0.25, 0.3) is 0 Å². The van der Waals surface area contributed by atoms with Crippen LogP contribution in [0.5, 0.6) is 0 Å². The molecule has 1 fully saturated rings. The summed E-state index contributed by atoms with van der Waals surface area (Å²) >= 11 is 0. The van der Waals surface area contributed by atoms with Crippen molar-refractivity contribution in [1.29, 1.82) is 0 Å². The lowest BCUT2D eigenvalue weighted by Gasteiger charge is -2.45. The summed E-state index contributed by atoms with van der Waals surface area (Å²) < 4.78 is 45.1. The molecule has 2 aliphatic heterocycles. The Morgan fingerprint density at radius 3 is 2.59 bits per heavy atom. The molecule has 160 valence electrons. The molecule has 9 heteroatoms. The average molecular weight is 426 g/mol. The fourth-order valence-corrected chi connectivity index (χ4v) is 6.69. The standard InChI is InChI=1S/C20H28FN3O4S/c1-19(16-11-14(4-5-17(16)21)10-15(25)12-28-3)13-29(26,27)20(18(22)23-19)6-8-24(2)9-7-20/h4-5,11H,6-10,12-13H2,1-3H3,(H2,22,23)/t19-/m0/s1. The lowest BCUT2D eigenvalue weighted by atomic mass is 9.89. The molecule has 1 aromatic rings. The molecule has 1 aromatic carbocycles. The largest absolute Gasteiger partial charge is 0.386 e. The lowest BCUT2D eigenvalue weighted by molar-refractivity contribution is -0.121. The first-order valence-corrected chi connectivity index (χ1v) is 11.2. The molecule has 0 aromatic heterocycles. The molecule has 1 atom stereocenters. The van der Waals surface area contributed by atoms with Crippen molar-refractivity contribution in [3.63, 3.8) is 0 Å². The summed E-state index contributed by atoms with van der Waals surface area (Å²) in [5.41, 5.74) is 5.61. The zero-order valence-electron chi connectivity index (χ0n) is 17.1. The van der Waals surface area contributed by atoms with Crippen LogP contribution < -0.4 is 5.73 Å². The molecular formula is C20H28FN3O4S. The van der Waals surface area contributed by atoms with Crippen molar-refractivity contribution in [2.45, 2.75) is 36.5 Å². The number of hydrogen-bond acceptors (Lipinski definition) is 7. The second kappa shape index (κ2) is 7.77. The smallest absolute Gasteiger partial charge is 0.166 e. The molecule has 2 aliphatic rings. The minimum absolute atomic E-state index is 0.0412. The zero-order chi connectivity index (χ0) is 21.4. The molecule has 0 unspecified atom stereocenters. The van der Waals surface area contributed by atoms with Gasteiger partial charge in [-0.15, -0.1) is 0 Å². The second-order valence-electron chi connectivity index (χ2n) is 8.29. The summed E-state index contributed by atoms with van der Waals surface area (Å²) in [5.74, 6) is -0.988. The average Bonchev–Trinajstić information content (AvgIpc) is 2.62. The second-order valence-corrected chi connectivity index (χ2v) is 10.6. The summed E-state index contributed by atoms with van der Waals surface area (Å²) in [6, 6.07) is 4.27. The van der Waals surface area contributed by atoms with Gasteiger partial charge in [0.1, 0.15) is 28.5 Å². The summed E-state index contributed by atoms with van der Waals surface area (Å²) in [6.45, 7) is 2.76. The van der Waals surface area contributed by atoms with E-state index in [1.165, 1.54) is 25.3 Å². The highest BCUT2D eigenvalue weighted by Crippen LogP contribution is 2.42. The normalized spacial score (nSPS) is 26.3. The molecule has 3 rings (SSSR count). The number of piperidine rings is 1. The third-order valence-corrected chi connectivity index (χ3v) is 8.76. The number of carbonyl (C=O) groups excluding carboxylic acids is 1. The van der Waals surface area contributed by atoms with E-state index in [4.69, 9.17) is 10.5 Å². The number of ketones is 1. The molecule has 2 heterocycles. The Kier molecular flexibility index (Phi) is 5.86. The van der Waals surface area contributed by atoms with Crippen LogP contribution in [0.2, 0.25) is 0 Å². The van der Waals surface area contributed by atoms with Crippen molar-refractivity contribution < 1.29 is 22.3 Å². The molecule has 2 N–H and O–H groups in total. The molecule has 29 heavy (non-hydrogen) atoms. The number of halogens is 1. The van der Waals surface area contributed by atoms with E-state index in [0.717, 1.165) is 0 Å². The number of sulfone groups is 1. The van der Waals surface area contributed by atoms with Gasteiger partial charge >= 0.3 is 0 Å². The van der Waals surface area contributed by atoms with Crippen LogP contribution in [-0.2, 0) is 31.3 Å². The first-order valence-electron chi connectivity index (χ1n) is 9.59. The predicted octanol–water partition coefficient (Wildman–Crippen LogP) is 1.05. The van der Waals surface area contributed by atoms with Gasteiger partial charge < -0.3 is 15.4 Å². The maximum atomic E-state index is 14.7. The van der Waals surface area contributed by atoms with Crippen LogP contribution in [0.15, 0.2) is 23.2 Å². The topological polar surface area (TPSA) is 102 Å². The Hall–Kier alpha value is -1.84. The van der Waals surface area contributed by atoms with Crippen LogP contribution in [0.4, 0.5) is 4.39 Å². The zero-order valence-corrected chi connectivity index (χ0v) is 17.9. The van der Waals surface area contributed by atoms with E-state index in [0.29, 0.717) is 31.5 Å². The van der Waals surface area contributed by atoms with Gasteiger partial charge in [-0.1, -0.05) is 6.07 Å². The lowest BCUT2D eigenvalue weighted by Crippen LogP contribution is -2.62. The van der Waals surface area contributed by atoms with E-state index in [1.54, 1.807) is 6.92 Å². The number of nitrogens with zero attached hydrogens (tertiary/aromatic N) is 2. The Balaban J connectivity index is 2.01. The van der Waals surface area contributed by atoms with Crippen molar-refractivity contribution in [2.75, 3.05) is 39.6 Å². The van der Waals surface area contributed by atoms with E-state index in [2.05, 4.69) is 9.89 Å². The van der Waals surface area contributed by atoms with Gasteiger partial charge in [0.05, 0.1) is 5.75 Å². The maximum absolute atomic E-state index is 14.7. The van der Waals surface area contributed by atoms with E-state index in [9.17, 15) is 17.6 Å². The molecule has 0 radical (unpaired) electrons. The van der Waals surface area contributed by atoms with Gasteiger partial charge in [0, 0.05) is 19.1 Å². The molecule has 0 amide bonds. The van der Waals surface area contributed by atoms with Crippen molar-refractivity contribution in [2.24, 2.45) is 10.7 Å². The monoisotopic (exact) mass is 425 g/mol. The minimum Gasteiger partial charge on any atom is -0.386 e. The molecule has 1 saturated heterocycles. The Bertz CT molecular complexity index is 939. The number of ether oxygens (including phenoxy) is 1. The SMILES string of the molecule is COCC(=O)Cc1ccc(F)c([C@]2(C)CS(=O)(=O)C3(CCN(C)CC3)C(N)=N2)c1. The first kappa shape index (κ1) is 21.9. The number of Topliss-reactive ketones (excluding diaryl/α,β-unsaturated/α-hetero) is 1. The van der Waals surface area contributed by atoms with Gasteiger partial charge in [-0.05, 0) is 57.6 Å². The number of aliphatic imine (C=N–C) groups is 1. The summed E-state index contributed by atoms with van der Waals surface area (Å²) in [5, 5.41) is 0. The minimum atomic E-state index is -3.67. The predicted molar refractivity (Wildman–Crippen MR) is 109 cm³/mol. The number of amidine groups is 1. The van der Waals surface area contributed by atoms with E-state index in [1.807, 2.05) is 7.05 Å². The van der Waals surface area contributed by atoms with E-state index in [-0.39, 0.29) is 36.0 Å². The fourth-order valence-electron chi connectivity index (χ4n) is 4.29. The summed E-state index contributed by atoms with van der Waals surface area (Å²) in [6.07, 6.45) is 0.829. The van der Waals surface area contributed by atoms with Crippen LogP contribution in [0.1, 0.15) is 30.9 Å². The van der Waals surface area contributed by atoms with Crippen LogP contribution in [0, 0.1) is 5.82 Å². The van der Waals surface area contributed by atoms with Gasteiger partial charge in [0.2, 0.25) is 0 Å². The number of rotatable bonds is 5. The maximum Gasteiger partial charge on any atom is 0.166 e. The number of hydrogen-bond donors (Lipinski definition) is 1. The number of nitrogens with two attached hydrogens (primary N) is 1. The molecule has 7 nitrogen and oxygen atoms in total. The number of likely N-dealkylation sites (tertiary alicyclic amines) is 1. The van der Waals surface area contributed by atoms with Crippen molar-refractivity contribution in [1.82, 2.24) is 4.90 Å². The van der Waals surface area contributed by atoms with Gasteiger partial charge in [-0.3, -0.25) is 9.79 Å². The van der Waals surface area contributed by atoms with Crippen LogP contribution >= 0.6 is 0 Å². The summed E-state index contributed by atoms with van der Waals surface area (Å²) in [4.78, 5) is 18.5. The van der Waals surface area contributed by atoms with Crippen molar-refractivity contribution >= 4 is 21.5 Å². The van der Waals surface area contributed by atoms with Crippen molar-refractivity contribution in [3.05, 3.63) is 35.1 Å². The Labute approximate surface area is 171 Å². The molecular weight excluding hydrogens is 397 g/mol. The quantitative estimate of drug-likeness (QED) is 0.757. The first-order chi connectivity index (χ1) is 13.5. The third-order valence-electron chi connectivity index (χ3n) is 6.01. The molecule has 0 bridgehead atoms. The molecule has 0 aliphatic carbocycles.